The van der Waals surface area contributed by atoms with Crippen molar-refractivity contribution in [2.45, 2.75) is 6.54 Å². The molecular formula is C15H12N4O3. The van der Waals surface area contributed by atoms with Gasteiger partial charge in [-0.2, -0.15) is 5.10 Å². The number of nitrogens with one attached hydrogen (secondary N) is 1. The minimum atomic E-state index is -0.203. The van der Waals surface area contributed by atoms with Crippen LogP contribution in [0.3, 0.4) is 0 Å². The number of aromatic nitrogens is 4. The van der Waals surface area contributed by atoms with Crippen molar-refractivity contribution in [1.82, 2.24) is 19.2 Å². The van der Waals surface area contributed by atoms with Crippen LogP contribution >= 0.6 is 0 Å². The van der Waals surface area contributed by atoms with Crippen molar-refractivity contribution in [2.24, 2.45) is 0 Å². The minimum absolute atomic E-state index is 0.0556. The van der Waals surface area contributed by atoms with E-state index in [1.807, 2.05) is 12.1 Å². The fraction of sp³-hybridized carbons (Fsp3) is 0.0667. The Labute approximate surface area is 123 Å². The number of H-pyrrole nitrogens is 1. The Morgan fingerprint density at radius 1 is 1.09 bits per heavy atom. The zero-order valence-corrected chi connectivity index (χ0v) is 11.4. The van der Waals surface area contributed by atoms with E-state index in [1.165, 1.54) is 16.7 Å². The summed E-state index contributed by atoms with van der Waals surface area (Å²) in [5.41, 5.74) is 1.72. The van der Waals surface area contributed by atoms with Gasteiger partial charge in [0, 0.05) is 17.7 Å². The molecule has 0 atom stereocenters. The molecule has 7 heteroatoms. The average Bonchev–Trinajstić information content (AvgIpc) is 3.06. The Morgan fingerprint density at radius 3 is 2.59 bits per heavy atom. The third-order valence-electron chi connectivity index (χ3n) is 3.72. The molecule has 4 rings (SSSR count). The van der Waals surface area contributed by atoms with Crippen LogP contribution < -0.4 is 5.56 Å². The van der Waals surface area contributed by atoms with E-state index in [4.69, 9.17) is 0 Å². The van der Waals surface area contributed by atoms with E-state index in [1.54, 1.807) is 22.8 Å². The van der Waals surface area contributed by atoms with Gasteiger partial charge in [0.1, 0.15) is 5.65 Å². The first-order chi connectivity index (χ1) is 10.6. The van der Waals surface area contributed by atoms with Gasteiger partial charge in [0.2, 0.25) is 0 Å². The Kier molecular flexibility index (Phi) is 2.50. The summed E-state index contributed by atoms with van der Waals surface area (Å²) in [5, 5.41) is 24.3. The third-order valence-corrected chi connectivity index (χ3v) is 3.72. The highest BCUT2D eigenvalue weighted by atomic mass is 16.3. The zero-order chi connectivity index (χ0) is 15.3. The lowest BCUT2D eigenvalue weighted by atomic mass is 10.2. The second-order valence-corrected chi connectivity index (χ2v) is 5.04. The summed E-state index contributed by atoms with van der Waals surface area (Å²) < 4.78 is 2.97. The summed E-state index contributed by atoms with van der Waals surface area (Å²) in [4.78, 5) is 15.0. The van der Waals surface area contributed by atoms with Crippen molar-refractivity contribution in [3.63, 3.8) is 0 Å². The molecule has 4 aromatic rings. The topological polar surface area (TPSA) is 95.5 Å². The maximum atomic E-state index is 12.2. The van der Waals surface area contributed by atoms with Gasteiger partial charge >= 0.3 is 0 Å². The van der Waals surface area contributed by atoms with Gasteiger partial charge in [0.05, 0.1) is 23.6 Å². The summed E-state index contributed by atoms with van der Waals surface area (Å²) in [5.74, 6) is -0.111. The summed E-state index contributed by atoms with van der Waals surface area (Å²) >= 11 is 0. The molecule has 0 amide bonds. The van der Waals surface area contributed by atoms with E-state index in [9.17, 15) is 15.0 Å². The molecule has 0 aliphatic rings. The van der Waals surface area contributed by atoms with E-state index in [2.05, 4.69) is 10.1 Å². The first-order valence-corrected chi connectivity index (χ1v) is 6.70. The molecule has 22 heavy (non-hydrogen) atoms. The lowest BCUT2D eigenvalue weighted by Gasteiger charge is -2.06. The fourth-order valence-corrected chi connectivity index (χ4v) is 2.62. The number of hydrogen-bond donors (Lipinski definition) is 3. The molecule has 110 valence electrons. The summed E-state index contributed by atoms with van der Waals surface area (Å²) in [6.07, 6.45) is 1.61. The molecule has 0 unspecified atom stereocenters. The molecule has 3 aromatic heterocycles. The van der Waals surface area contributed by atoms with E-state index in [-0.39, 0.29) is 23.9 Å². The summed E-state index contributed by atoms with van der Waals surface area (Å²) in [7, 11) is 0. The molecule has 1 aromatic carbocycles. The normalized spacial score (nSPS) is 11.5. The molecule has 0 saturated carbocycles. The molecule has 3 heterocycles. The Hall–Kier alpha value is -3.22. The van der Waals surface area contributed by atoms with Crippen LogP contribution in [0.25, 0.3) is 16.6 Å². The molecule has 0 saturated heterocycles. The van der Waals surface area contributed by atoms with Crippen molar-refractivity contribution < 1.29 is 10.2 Å². The number of rotatable bonds is 2. The molecule has 0 bridgehead atoms. The predicted octanol–water partition coefficient (Wildman–Crippen LogP) is 1.44. The van der Waals surface area contributed by atoms with Crippen LogP contribution in [-0.4, -0.2) is 29.4 Å². The fourth-order valence-electron chi connectivity index (χ4n) is 2.62. The van der Waals surface area contributed by atoms with Gasteiger partial charge in [-0.05, 0) is 12.1 Å². The first-order valence-electron chi connectivity index (χ1n) is 6.70. The number of aromatic hydroxyl groups is 2. The molecule has 3 N–H and O–H groups in total. The molecule has 0 aliphatic heterocycles. The number of aromatic amines is 1. The van der Waals surface area contributed by atoms with Gasteiger partial charge in [0.25, 0.3) is 5.56 Å². The van der Waals surface area contributed by atoms with Crippen molar-refractivity contribution in [2.75, 3.05) is 0 Å². The highest BCUT2D eigenvalue weighted by Gasteiger charge is 2.13. The van der Waals surface area contributed by atoms with Crippen LogP contribution in [-0.2, 0) is 6.54 Å². The maximum absolute atomic E-state index is 12.2. The molecule has 0 aliphatic carbocycles. The standard InChI is InChI=1S/C15H12N4O3/c20-12-5-6-13(21)18(12)8-9-7-16-19-11-4-2-1-3-10(11)15(22)17-14(9)19/h1-7,20-21H,8H2,(H,17,22). The second-order valence-electron chi connectivity index (χ2n) is 5.04. The molecule has 0 radical (unpaired) electrons. The molecular weight excluding hydrogens is 284 g/mol. The van der Waals surface area contributed by atoms with Crippen molar-refractivity contribution >= 4 is 16.6 Å². The number of benzene rings is 1. The monoisotopic (exact) mass is 296 g/mol. The third kappa shape index (κ3) is 1.69. The lowest BCUT2D eigenvalue weighted by molar-refractivity contribution is 0.377. The van der Waals surface area contributed by atoms with Crippen LogP contribution in [0.5, 0.6) is 11.8 Å². The Bertz CT molecular complexity index is 1040. The summed E-state index contributed by atoms with van der Waals surface area (Å²) in [6, 6.07) is 9.99. The highest BCUT2D eigenvalue weighted by Crippen LogP contribution is 2.24. The van der Waals surface area contributed by atoms with Gasteiger partial charge in [-0.15, -0.1) is 0 Å². The van der Waals surface area contributed by atoms with E-state index < -0.39 is 0 Å². The average molecular weight is 296 g/mol. The highest BCUT2D eigenvalue weighted by molar-refractivity contribution is 5.80. The maximum Gasteiger partial charge on any atom is 0.259 e. The van der Waals surface area contributed by atoms with Gasteiger partial charge < -0.3 is 15.2 Å². The largest absolute Gasteiger partial charge is 0.494 e. The first kappa shape index (κ1) is 12.5. The second kappa shape index (κ2) is 4.39. The van der Waals surface area contributed by atoms with Crippen LogP contribution in [0.2, 0.25) is 0 Å². The smallest absolute Gasteiger partial charge is 0.259 e. The molecule has 7 nitrogen and oxygen atoms in total. The van der Waals surface area contributed by atoms with Crippen molar-refractivity contribution in [1.29, 1.82) is 0 Å². The summed E-state index contributed by atoms with van der Waals surface area (Å²) in [6.45, 7) is 0.197. The van der Waals surface area contributed by atoms with E-state index >= 15 is 0 Å². The van der Waals surface area contributed by atoms with Gasteiger partial charge in [-0.1, -0.05) is 12.1 Å². The van der Waals surface area contributed by atoms with Crippen molar-refractivity contribution in [3.8, 4) is 11.8 Å². The molecule has 0 fully saturated rings. The zero-order valence-electron chi connectivity index (χ0n) is 11.4. The van der Waals surface area contributed by atoms with Gasteiger partial charge in [-0.3, -0.25) is 9.36 Å². The van der Waals surface area contributed by atoms with Crippen LogP contribution in [0, 0.1) is 0 Å². The van der Waals surface area contributed by atoms with Crippen LogP contribution in [0.4, 0.5) is 0 Å². The minimum Gasteiger partial charge on any atom is -0.494 e. The number of nitrogens with zero attached hydrogens (tertiary/aromatic N) is 3. The lowest BCUT2D eigenvalue weighted by Crippen LogP contribution is -2.11. The van der Waals surface area contributed by atoms with Crippen molar-refractivity contribution in [3.05, 3.63) is 58.5 Å². The number of hydrogen-bond acceptors (Lipinski definition) is 4. The predicted molar refractivity (Wildman–Crippen MR) is 80.2 cm³/mol. The van der Waals surface area contributed by atoms with Crippen LogP contribution in [0.1, 0.15) is 5.56 Å². The van der Waals surface area contributed by atoms with Crippen LogP contribution in [0.15, 0.2) is 47.4 Å². The number of para-hydroxylation sites is 1. The molecule has 0 spiro atoms. The SMILES string of the molecule is O=c1[nH]c2c(Cn3c(O)ccc3O)cnn2c2ccccc12. The van der Waals surface area contributed by atoms with Gasteiger partial charge in [0.15, 0.2) is 11.8 Å². The van der Waals surface area contributed by atoms with E-state index in [0.29, 0.717) is 22.1 Å². The Morgan fingerprint density at radius 2 is 1.82 bits per heavy atom. The Balaban J connectivity index is 1.95. The van der Waals surface area contributed by atoms with E-state index in [0.717, 1.165) is 0 Å². The number of fused-ring (bicyclic) bond motifs is 3. The van der Waals surface area contributed by atoms with Gasteiger partial charge in [-0.25, -0.2) is 4.52 Å². The quantitative estimate of drug-likeness (QED) is 0.521.